The number of ether oxygens (including phenoxy) is 1. The summed E-state index contributed by atoms with van der Waals surface area (Å²) in [5.74, 6) is -1.39. The third kappa shape index (κ3) is 5.07. The van der Waals surface area contributed by atoms with E-state index in [0.717, 1.165) is 0 Å². The Kier molecular flexibility index (Phi) is 6.39. The predicted octanol–water partition coefficient (Wildman–Crippen LogP) is 2.96. The van der Waals surface area contributed by atoms with Crippen LogP contribution in [0.1, 0.15) is 36.5 Å². The molecule has 2 aromatic carbocycles. The van der Waals surface area contributed by atoms with E-state index in [1.54, 1.807) is 55.5 Å². The van der Waals surface area contributed by atoms with E-state index >= 15 is 0 Å². The average molecular weight is 394 g/mol. The largest absolute Gasteiger partial charge is 0.456 e. The number of hydrogen-bond acceptors (Lipinski definition) is 5. The van der Waals surface area contributed by atoms with Crippen LogP contribution in [0, 0.1) is 0 Å². The van der Waals surface area contributed by atoms with E-state index in [2.05, 4.69) is 5.32 Å². The van der Waals surface area contributed by atoms with Gasteiger partial charge in [-0.1, -0.05) is 42.5 Å². The molecule has 2 amide bonds. The molecule has 1 atom stereocenters. The van der Waals surface area contributed by atoms with Gasteiger partial charge in [0.15, 0.2) is 12.4 Å². The van der Waals surface area contributed by atoms with Crippen LogP contribution in [-0.4, -0.2) is 36.2 Å². The molecule has 1 aliphatic rings. The quantitative estimate of drug-likeness (QED) is 0.601. The summed E-state index contributed by atoms with van der Waals surface area (Å²) < 4.78 is 5.09. The van der Waals surface area contributed by atoms with Gasteiger partial charge in [0.25, 0.3) is 5.91 Å². The molecule has 0 spiro atoms. The first-order valence-corrected chi connectivity index (χ1v) is 9.40. The van der Waals surface area contributed by atoms with E-state index in [1.165, 1.54) is 4.90 Å². The second kappa shape index (κ2) is 9.14. The molecular weight excluding hydrogens is 372 g/mol. The lowest BCUT2D eigenvalue weighted by atomic mass is 10.1. The summed E-state index contributed by atoms with van der Waals surface area (Å²) in [6.45, 7) is 1.31. The zero-order valence-corrected chi connectivity index (χ0v) is 16.1. The van der Waals surface area contributed by atoms with Crippen LogP contribution in [0.2, 0.25) is 0 Å². The fourth-order valence-corrected chi connectivity index (χ4v) is 3.24. The van der Waals surface area contributed by atoms with E-state index in [9.17, 15) is 19.2 Å². The minimum Gasteiger partial charge on any atom is -0.456 e. The Balaban J connectivity index is 1.58. The number of carbonyl (C=O) groups is 4. The van der Waals surface area contributed by atoms with Gasteiger partial charge in [0.1, 0.15) is 0 Å². The molecule has 2 aromatic rings. The molecule has 7 heteroatoms. The van der Waals surface area contributed by atoms with Crippen LogP contribution in [0.15, 0.2) is 54.6 Å². The van der Waals surface area contributed by atoms with Crippen LogP contribution < -0.4 is 10.2 Å². The van der Waals surface area contributed by atoms with Crippen molar-refractivity contribution in [3.63, 3.8) is 0 Å². The van der Waals surface area contributed by atoms with Gasteiger partial charge < -0.3 is 15.0 Å². The van der Waals surface area contributed by atoms with Gasteiger partial charge in [0.05, 0.1) is 17.8 Å². The third-order valence-corrected chi connectivity index (χ3v) is 4.64. The van der Waals surface area contributed by atoms with Crippen molar-refractivity contribution in [2.75, 3.05) is 16.8 Å². The average Bonchev–Trinajstić information content (AvgIpc) is 2.85. The zero-order valence-electron chi connectivity index (χ0n) is 16.1. The first-order valence-electron chi connectivity index (χ1n) is 9.40. The number of esters is 1. The highest BCUT2D eigenvalue weighted by molar-refractivity contribution is 6.05. The van der Waals surface area contributed by atoms with Gasteiger partial charge in [0.2, 0.25) is 5.91 Å². The number of benzene rings is 2. The fraction of sp³-hybridized carbons (Fsp3) is 0.273. The van der Waals surface area contributed by atoms with Gasteiger partial charge in [-0.15, -0.1) is 0 Å². The van der Waals surface area contributed by atoms with Crippen molar-refractivity contribution in [3.8, 4) is 0 Å². The predicted molar refractivity (Wildman–Crippen MR) is 108 cm³/mol. The molecule has 0 aromatic heterocycles. The van der Waals surface area contributed by atoms with Gasteiger partial charge in [-0.3, -0.25) is 19.2 Å². The number of nitrogens with one attached hydrogen (secondary N) is 1. The number of fused-ring (bicyclic) bond motifs is 1. The van der Waals surface area contributed by atoms with Crippen LogP contribution in [0.4, 0.5) is 11.4 Å². The monoisotopic (exact) mass is 394 g/mol. The summed E-state index contributed by atoms with van der Waals surface area (Å²) >= 11 is 0. The molecule has 0 radical (unpaired) electrons. The lowest BCUT2D eigenvalue weighted by Crippen LogP contribution is -2.41. The van der Waals surface area contributed by atoms with Gasteiger partial charge in [-0.2, -0.15) is 0 Å². The fourth-order valence-electron chi connectivity index (χ4n) is 3.24. The van der Waals surface area contributed by atoms with E-state index in [0.29, 0.717) is 16.9 Å². The number of Topliss-reactive ketones (excluding diaryl/α,β-unsaturated/α-hetero) is 1. The molecule has 0 saturated heterocycles. The normalized spacial score (nSPS) is 15.7. The molecule has 0 bridgehead atoms. The number of anilines is 2. The van der Waals surface area contributed by atoms with Gasteiger partial charge in [-0.25, -0.2) is 0 Å². The Bertz CT molecular complexity index is 926. The van der Waals surface area contributed by atoms with Crippen LogP contribution >= 0.6 is 0 Å². The number of carbonyl (C=O) groups excluding carboxylic acids is 4. The molecule has 3 rings (SSSR count). The molecule has 0 fully saturated rings. The van der Waals surface area contributed by atoms with E-state index in [1.807, 2.05) is 6.07 Å². The number of para-hydroxylation sites is 2. The molecule has 1 heterocycles. The summed E-state index contributed by atoms with van der Waals surface area (Å²) in [7, 11) is 0. The van der Waals surface area contributed by atoms with Crippen molar-refractivity contribution < 1.29 is 23.9 Å². The summed E-state index contributed by atoms with van der Waals surface area (Å²) in [6, 6.07) is 15.3. The summed E-state index contributed by atoms with van der Waals surface area (Å²) in [4.78, 5) is 50.3. The lowest BCUT2D eigenvalue weighted by Gasteiger charge is -2.27. The number of hydrogen-bond donors (Lipinski definition) is 1. The number of amides is 2. The van der Waals surface area contributed by atoms with Crippen molar-refractivity contribution in [1.29, 1.82) is 0 Å². The minimum absolute atomic E-state index is 0.0123. The Hall–Kier alpha value is -3.48. The van der Waals surface area contributed by atoms with Crippen molar-refractivity contribution in [2.45, 2.75) is 32.2 Å². The maximum atomic E-state index is 12.7. The van der Waals surface area contributed by atoms with Gasteiger partial charge in [-0.05, 0) is 19.1 Å². The first kappa shape index (κ1) is 20.3. The molecule has 0 aliphatic carbocycles. The number of nitrogens with zero attached hydrogens (tertiary/aromatic N) is 1. The Morgan fingerprint density at radius 2 is 1.72 bits per heavy atom. The van der Waals surface area contributed by atoms with Gasteiger partial charge >= 0.3 is 5.97 Å². The van der Waals surface area contributed by atoms with Crippen molar-refractivity contribution in [1.82, 2.24) is 0 Å². The highest BCUT2D eigenvalue weighted by atomic mass is 16.5. The van der Waals surface area contributed by atoms with Crippen molar-refractivity contribution in [2.24, 2.45) is 0 Å². The molecule has 1 unspecified atom stereocenters. The summed E-state index contributed by atoms with van der Waals surface area (Å²) in [5, 5.41) is 2.77. The van der Waals surface area contributed by atoms with Crippen LogP contribution in [0.3, 0.4) is 0 Å². The SMILES string of the molecule is CC1CC(=O)Nc2ccccc2N1C(=O)COC(=O)CCC(=O)c1ccccc1. The summed E-state index contributed by atoms with van der Waals surface area (Å²) in [5.41, 5.74) is 1.63. The number of ketones is 1. The topological polar surface area (TPSA) is 92.8 Å². The Labute approximate surface area is 168 Å². The lowest BCUT2D eigenvalue weighted by molar-refractivity contribution is -0.147. The second-order valence-electron chi connectivity index (χ2n) is 6.83. The molecular formula is C22H22N2O5. The molecule has 1 aliphatic heterocycles. The smallest absolute Gasteiger partial charge is 0.306 e. The van der Waals surface area contributed by atoms with E-state index < -0.39 is 18.5 Å². The van der Waals surface area contributed by atoms with Crippen LogP contribution in [0.5, 0.6) is 0 Å². The van der Waals surface area contributed by atoms with Crippen LogP contribution in [0.25, 0.3) is 0 Å². The van der Waals surface area contributed by atoms with Crippen molar-refractivity contribution >= 4 is 34.9 Å². The Morgan fingerprint density at radius 3 is 2.48 bits per heavy atom. The van der Waals surface area contributed by atoms with E-state index in [4.69, 9.17) is 4.74 Å². The standard InChI is InChI=1S/C22H22N2O5/c1-15-13-20(26)23-17-9-5-6-10-18(17)24(15)21(27)14-29-22(28)12-11-19(25)16-7-3-2-4-8-16/h2-10,15H,11-14H2,1H3,(H,23,26). The maximum Gasteiger partial charge on any atom is 0.306 e. The molecule has 0 saturated carbocycles. The third-order valence-electron chi connectivity index (χ3n) is 4.64. The first-order chi connectivity index (χ1) is 14.0. The minimum atomic E-state index is -0.618. The second-order valence-corrected chi connectivity index (χ2v) is 6.83. The highest BCUT2D eigenvalue weighted by Gasteiger charge is 2.30. The van der Waals surface area contributed by atoms with E-state index in [-0.39, 0.29) is 37.0 Å². The highest BCUT2D eigenvalue weighted by Crippen LogP contribution is 2.31. The van der Waals surface area contributed by atoms with Crippen molar-refractivity contribution in [3.05, 3.63) is 60.2 Å². The maximum absolute atomic E-state index is 12.7. The molecule has 150 valence electrons. The molecule has 7 nitrogen and oxygen atoms in total. The Morgan fingerprint density at radius 1 is 1.03 bits per heavy atom. The van der Waals surface area contributed by atoms with Crippen LogP contribution in [-0.2, 0) is 19.1 Å². The number of rotatable bonds is 6. The van der Waals surface area contributed by atoms with Gasteiger partial charge in [0, 0.05) is 24.4 Å². The zero-order chi connectivity index (χ0) is 20.8. The molecule has 1 N–H and O–H groups in total. The molecule has 29 heavy (non-hydrogen) atoms. The summed E-state index contributed by atoms with van der Waals surface area (Å²) in [6.07, 6.45) is 0.0472.